The second kappa shape index (κ2) is 13.9. The van der Waals surface area contributed by atoms with E-state index in [1.807, 2.05) is 30.3 Å². The van der Waals surface area contributed by atoms with Crippen LogP contribution >= 0.6 is 0 Å². The summed E-state index contributed by atoms with van der Waals surface area (Å²) in [7, 11) is -1.21. The Labute approximate surface area is 227 Å². The minimum absolute atomic E-state index is 0.0387. The summed E-state index contributed by atoms with van der Waals surface area (Å²) in [6, 6.07) is 20.2. The highest BCUT2D eigenvalue weighted by Crippen LogP contribution is 2.30. The number of nitrogens with zero attached hydrogens (tertiary/aromatic N) is 2. The molecule has 11 nitrogen and oxygen atoms in total. The summed E-state index contributed by atoms with van der Waals surface area (Å²) < 4.78 is 43.8. The maximum Gasteiger partial charge on any atom is 0.255 e. The van der Waals surface area contributed by atoms with Gasteiger partial charge in [-0.15, -0.1) is 0 Å². The average Bonchev–Trinajstić information content (AvgIpc) is 2.94. The van der Waals surface area contributed by atoms with Gasteiger partial charge in [0.05, 0.1) is 31.9 Å². The number of carbonyl (C=O) groups excluding carboxylic acids is 2. The Bertz CT molecular complexity index is 1400. The molecular weight excluding hydrogens is 524 g/mol. The van der Waals surface area contributed by atoms with Crippen molar-refractivity contribution in [2.24, 2.45) is 10.8 Å². The van der Waals surface area contributed by atoms with Crippen molar-refractivity contribution in [2.75, 3.05) is 33.9 Å². The molecule has 3 aromatic carbocycles. The maximum absolute atomic E-state index is 13.5. The van der Waals surface area contributed by atoms with Gasteiger partial charge < -0.3 is 19.9 Å². The zero-order valence-corrected chi connectivity index (χ0v) is 22.4. The minimum atomic E-state index is -4.08. The van der Waals surface area contributed by atoms with Gasteiger partial charge in [0.15, 0.2) is 18.1 Å². The quantitative estimate of drug-likeness (QED) is 0.228. The third-order valence-corrected chi connectivity index (χ3v) is 7.31. The zero-order chi connectivity index (χ0) is 28.3. The molecule has 39 heavy (non-hydrogen) atoms. The highest BCUT2D eigenvalue weighted by atomic mass is 32.2. The summed E-state index contributed by atoms with van der Waals surface area (Å²) in [5, 5.41) is 3.92. The summed E-state index contributed by atoms with van der Waals surface area (Å²) in [6.07, 6.45) is 1.79. The minimum Gasteiger partial charge on any atom is -0.493 e. The van der Waals surface area contributed by atoms with Gasteiger partial charge in [-0.05, 0) is 53.9 Å². The van der Waals surface area contributed by atoms with Crippen molar-refractivity contribution in [2.45, 2.75) is 11.3 Å². The first-order chi connectivity index (χ1) is 18.7. The summed E-state index contributed by atoms with van der Waals surface area (Å²) in [5.74, 6) is -0.128. The average molecular weight is 555 g/mol. The monoisotopic (exact) mass is 554 g/mol. The number of hydrazone groups is 1. The number of carbonyl (C=O) groups is 2. The number of nitrogens with one attached hydrogen (secondary N) is 1. The summed E-state index contributed by atoms with van der Waals surface area (Å²) >= 11 is 0. The van der Waals surface area contributed by atoms with Crippen LogP contribution in [-0.2, 0) is 26.0 Å². The molecule has 3 aromatic rings. The smallest absolute Gasteiger partial charge is 0.255 e. The van der Waals surface area contributed by atoms with E-state index in [1.165, 1.54) is 38.6 Å². The normalized spacial score (nSPS) is 11.4. The van der Waals surface area contributed by atoms with Crippen molar-refractivity contribution in [3.05, 3.63) is 83.9 Å². The van der Waals surface area contributed by atoms with Gasteiger partial charge in [-0.1, -0.05) is 30.3 Å². The molecule has 3 N–H and O–H groups in total. The topological polar surface area (TPSA) is 150 Å². The van der Waals surface area contributed by atoms with E-state index >= 15 is 0 Å². The molecule has 3 rings (SSSR count). The zero-order valence-electron chi connectivity index (χ0n) is 21.6. The van der Waals surface area contributed by atoms with Crippen LogP contribution in [0, 0.1) is 0 Å². The standard InChI is InChI=1S/C27H30N4O7S/c1-36-24-13-12-23(16-25(24)37-2)39(34,35)31(15-14-20-6-4-3-5-7-20)18-27(33)30-29-17-21-8-10-22(11-9-21)38-19-26(28)32/h3-13,16-17H,14-15,18-19H2,1-2H3,(H2,28,32)(H,30,33)/b29-17-. The lowest BCUT2D eigenvalue weighted by Crippen LogP contribution is -2.40. The molecule has 0 saturated carbocycles. The number of rotatable bonds is 14. The van der Waals surface area contributed by atoms with Crippen LogP contribution in [0.5, 0.6) is 17.2 Å². The largest absolute Gasteiger partial charge is 0.493 e. The molecule has 0 atom stereocenters. The van der Waals surface area contributed by atoms with Gasteiger partial charge in [0, 0.05) is 12.6 Å². The van der Waals surface area contributed by atoms with E-state index in [0.29, 0.717) is 23.5 Å². The van der Waals surface area contributed by atoms with E-state index in [0.717, 1.165) is 9.87 Å². The van der Waals surface area contributed by atoms with Gasteiger partial charge in [-0.25, -0.2) is 13.8 Å². The van der Waals surface area contributed by atoms with E-state index < -0.39 is 28.4 Å². The molecule has 0 spiro atoms. The number of hydrogen-bond acceptors (Lipinski definition) is 8. The van der Waals surface area contributed by atoms with Crippen molar-refractivity contribution in [1.82, 2.24) is 9.73 Å². The van der Waals surface area contributed by atoms with Crippen LogP contribution in [0.2, 0.25) is 0 Å². The van der Waals surface area contributed by atoms with Gasteiger partial charge >= 0.3 is 0 Å². The molecule has 12 heteroatoms. The summed E-state index contributed by atoms with van der Waals surface area (Å²) in [6.45, 7) is -0.637. The fourth-order valence-electron chi connectivity index (χ4n) is 3.49. The number of amides is 2. The molecule has 0 aliphatic heterocycles. The first-order valence-corrected chi connectivity index (χ1v) is 13.3. The Balaban J connectivity index is 1.72. The summed E-state index contributed by atoms with van der Waals surface area (Å²) in [5.41, 5.74) is 8.98. The van der Waals surface area contributed by atoms with Gasteiger partial charge in [0.25, 0.3) is 11.8 Å². The Kier molecular flexibility index (Phi) is 10.4. The van der Waals surface area contributed by atoms with E-state index in [2.05, 4.69) is 10.5 Å². The van der Waals surface area contributed by atoms with Crippen LogP contribution in [0.15, 0.2) is 82.8 Å². The fourth-order valence-corrected chi connectivity index (χ4v) is 4.90. The Morgan fingerprint density at radius 2 is 1.67 bits per heavy atom. The first-order valence-electron chi connectivity index (χ1n) is 11.8. The van der Waals surface area contributed by atoms with Crippen LogP contribution < -0.4 is 25.4 Å². The SMILES string of the molecule is COc1ccc(S(=O)(=O)N(CCc2ccccc2)CC(=O)N/N=C\c2ccc(OCC(N)=O)cc2)cc1OC. The van der Waals surface area contributed by atoms with Crippen LogP contribution in [-0.4, -0.2) is 64.7 Å². The number of nitrogens with two attached hydrogens (primary N) is 1. The van der Waals surface area contributed by atoms with Gasteiger partial charge in [-0.2, -0.15) is 9.41 Å². The molecule has 0 fully saturated rings. The van der Waals surface area contributed by atoms with E-state index in [-0.39, 0.29) is 23.8 Å². The lowest BCUT2D eigenvalue weighted by atomic mass is 10.1. The molecule has 0 radical (unpaired) electrons. The van der Waals surface area contributed by atoms with Crippen LogP contribution in [0.3, 0.4) is 0 Å². The second-order valence-electron chi connectivity index (χ2n) is 8.21. The second-order valence-corrected chi connectivity index (χ2v) is 10.1. The number of methoxy groups -OCH3 is 2. The van der Waals surface area contributed by atoms with E-state index in [1.54, 1.807) is 24.3 Å². The van der Waals surface area contributed by atoms with E-state index in [9.17, 15) is 18.0 Å². The molecule has 0 aliphatic carbocycles. The molecule has 206 valence electrons. The highest BCUT2D eigenvalue weighted by molar-refractivity contribution is 7.89. The molecule has 0 aliphatic rings. The van der Waals surface area contributed by atoms with Crippen LogP contribution in [0.4, 0.5) is 0 Å². The van der Waals surface area contributed by atoms with Crippen molar-refractivity contribution >= 4 is 28.1 Å². The number of ether oxygens (including phenoxy) is 3. The van der Waals surface area contributed by atoms with Crippen LogP contribution in [0.25, 0.3) is 0 Å². The number of benzene rings is 3. The molecule has 0 aromatic heterocycles. The van der Waals surface area contributed by atoms with Crippen molar-refractivity contribution in [3.8, 4) is 17.2 Å². The van der Waals surface area contributed by atoms with Crippen LogP contribution in [0.1, 0.15) is 11.1 Å². The number of sulfonamides is 1. The van der Waals surface area contributed by atoms with Crippen molar-refractivity contribution < 1.29 is 32.2 Å². The maximum atomic E-state index is 13.5. The highest BCUT2D eigenvalue weighted by Gasteiger charge is 2.27. The Morgan fingerprint density at radius 1 is 0.974 bits per heavy atom. The molecule has 0 bridgehead atoms. The summed E-state index contributed by atoms with van der Waals surface area (Å²) in [4.78, 5) is 23.5. The van der Waals surface area contributed by atoms with Gasteiger partial charge in [0.2, 0.25) is 10.0 Å². The lowest BCUT2D eigenvalue weighted by Gasteiger charge is -2.22. The number of hydrogen-bond donors (Lipinski definition) is 2. The molecule has 0 heterocycles. The first kappa shape index (κ1) is 29.1. The third kappa shape index (κ3) is 8.55. The molecule has 0 unspecified atom stereocenters. The molecular formula is C27H30N4O7S. The third-order valence-electron chi connectivity index (χ3n) is 5.47. The fraction of sp³-hybridized carbons (Fsp3) is 0.222. The lowest BCUT2D eigenvalue weighted by molar-refractivity contribution is -0.121. The number of primary amides is 1. The van der Waals surface area contributed by atoms with Crippen molar-refractivity contribution in [1.29, 1.82) is 0 Å². The Morgan fingerprint density at radius 3 is 2.31 bits per heavy atom. The van der Waals surface area contributed by atoms with Gasteiger partial charge in [-0.3, -0.25) is 9.59 Å². The molecule has 2 amide bonds. The van der Waals surface area contributed by atoms with Gasteiger partial charge in [0.1, 0.15) is 5.75 Å². The van der Waals surface area contributed by atoms with E-state index in [4.69, 9.17) is 19.9 Å². The predicted octanol–water partition coefficient (Wildman–Crippen LogP) is 1.95. The predicted molar refractivity (Wildman–Crippen MR) is 145 cm³/mol. The Hall–Kier alpha value is -4.42. The molecule has 0 saturated heterocycles. The van der Waals surface area contributed by atoms with Crippen molar-refractivity contribution in [3.63, 3.8) is 0 Å².